The lowest BCUT2D eigenvalue weighted by molar-refractivity contribution is -0.114. The average molecular weight is 574 g/mol. The first-order chi connectivity index (χ1) is 18.6. The molecule has 0 spiro atoms. The number of anilines is 2. The van der Waals surface area contributed by atoms with Gasteiger partial charge in [-0.15, -0.1) is 11.3 Å². The highest BCUT2D eigenvalue weighted by atomic mass is 32.2. The van der Waals surface area contributed by atoms with Gasteiger partial charge in [0.15, 0.2) is 0 Å². The molecule has 0 saturated heterocycles. The molecule has 0 radical (unpaired) electrons. The Balaban J connectivity index is 1.75. The lowest BCUT2D eigenvalue weighted by atomic mass is 10.0. The van der Waals surface area contributed by atoms with Crippen LogP contribution < -0.4 is 19.1 Å². The van der Waals surface area contributed by atoms with Crippen molar-refractivity contribution in [3.05, 3.63) is 64.0 Å². The number of carbonyl (C=O) groups is 2. The Morgan fingerprint density at radius 2 is 1.79 bits per heavy atom. The van der Waals surface area contributed by atoms with Crippen LogP contribution in [0.3, 0.4) is 0 Å². The van der Waals surface area contributed by atoms with Gasteiger partial charge in [-0.25, -0.2) is 13.2 Å². The van der Waals surface area contributed by atoms with E-state index in [4.69, 9.17) is 14.2 Å². The van der Waals surface area contributed by atoms with Crippen molar-refractivity contribution < 1.29 is 32.2 Å². The fourth-order valence-electron chi connectivity index (χ4n) is 4.36. The van der Waals surface area contributed by atoms with Gasteiger partial charge in [-0.3, -0.25) is 9.10 Å². The second kappa shape index (κ2) is 11.6. The third kappa shape index (κ3) is 5.87. The highest BCUT2D eigenvalue weighted by molar-refractivity contribution is 7.92. The van der Waals surface area contributed by atoms with E-state index in [9.17, 15) is 18.0 Å². The number of nitrogens with one attached hydrogen (secondary N) is 1. The van der Waals surface area contributed by atoms with E-state index in [1.54, 1.807) is 24.3 Å². The van der Waals surface area contributed by atoms with Crippen molar-refractivity contribution in [1.29, 1.82) is 0 Å². The molecule has 0 bridgehead atoms. The van der Waals surface area contributed by atoms with Crippen LogP contribution in [0.4, 0.5) is 10.7 Å². The zero-order chi connectivity index (χ0) is 28.3. The van der Waals surface area contributed by atoms with Crippen LogP contribution in [-0.4, -0.2) is 66.7 Å². The summed E-state index contributed by atoms with van der Waals surface area (Å²) in [6.45, 7) is 2.67. The fourth-order valence-corrected chi connectivity index (χ4v) is 7.12. The second-order valence-corrected chi connectivity index (χ2v) is 12.1. The van der Waals surface area contributed by atoms with Gasteiger partial charge in [0.2, 0.25) is 5.91 Å². The Morgan fingerprint density at radius 3 is 2.44 bits per heavy atom. The molecule has 0 aliphatic carbocycles. The number of aryl methyl sites for hydroxylation is 1. The van der Waals surface area contributed by atoms with E-state index in [2.05, 4.69) is 10.2 Å². The van der Waals surface area contributed by atoms with Crippen LogP contribution in [0.15, 0.2) is 47.4 Å². The molecule has 1 aliphatic rings. The molecule has 1 amide bonds. The highest BCUT2D eigenvalue weighted by Crippen LogP contribution is 2.38. The molecule has 1 aromatic heterocycles. The number of likely N-dealkylation sites (N-methyl/N-ethyl adjacent to an activating group) is 1. The van der Waals surface area contributed by atoms with Gasteiger partial charge >= 0.3 is 5.97 Å². The minimum atomic E-state index is -4.21. The van der Waals surface area contributed by atoms with Crippen LogP contribution in [0, 0.1) is 6.92 Å². The third-order valence-electron chi connectivity index (χ3n) is 6.44. The maximum Gasteiger partial charge on any atom is 0.341 e. The zero-order valence-electron chi connectivity index (χ0n) is 22.4. The number of amides is 1. The predicted molar refractivity (Wildman–Crippen MR) is 150 cm³/mol. The molecule has 0 fully saturated rings. The van der Waals surface area contributed by atoms with Crippen LogP contribution in [0.5, 0.6) is 11.5 Å². The molecule has 2 heterocycles. The number of hydrogen-bond acceptors (Lipinski definition) is 9. The number of esters is 1. The molecular weight excluding hydrogens is 542 g/mol. The van der Waals surface area contributed by atoms with E-state index in [1.165, 1.54) is 50.9 Å². The van der Waals surface area contributed by atoms with Crippen molar-refractivity contribution >= 4 is 43.9 Å². The van der Waals surface area contributed by atoms with Gasteiger partial charge in [0.1, 0.15) is 23.0 Å². The van der Waals surface area contributed by atoms with Crippen LogP contribution in [0.1, 0.15) is 26.4 Å². The van der Waals surface area contributed by atoms with E-state index in [-0.39, 0.29) is 16.3 Å². The lowest BCUT2D eigenvalue weighted by Gasteiger charge is -2.26. The molecule has 0 atom stereocenters. The van der Waals surface area contributed by atoms with Crippen LogP contribution in [0.2, 0.25) is 0 Å². The summed E-state index contributed by atoms with van der Waals surface area (Å²) < 4.78 is 44.5. The van der Waals surface area contributed by atoms with Gasteiger partial charge < -0.3 is 24.4 Å². The highest BCUT2D eigenvalue weighted by Gasteiger charge is 2.32. The topological polar surface area (TPSA) is 114 Å². The van der Waals surface area contributed by atoms with Gasteiger partial charge in [-0.05, 0) is 50.2 Å². The monoisotopic (exact) mass is 573 g/mol. The molecule has 1 aliphatic heterocycles. The third-order valence-corrected chi connectivity index (χ3v) is 9.35. The number of methoxy groups -OCH3 is 3. The quantitative estimate of drug-likeness (QED) is 0.386. The number of carbonyl (C=O) groups excluding carboxylic acids is 2. The zero-order valence-corrected chi connectivity index (χ0v) is 24.1. The van der Waals surface area contributed by atoms with Crippen LogP contribution >= 0.6 is 11.3 Å². The first kappa shape index (κ1) is 28.4. The number of sulfonamides is 1. The number of nitrogens with zero attached hydrogens (tertiary/aromatic N) is 2. The summed E-state index contributed by atoms with van der Waals surface area (Å²) in [5.41, 5.74) is 2.18. The first-order valence-corrected chi connectivity index (χ1v) is 14.4. The Bertz CT molecular complexity index is 1480. The van der Waals surface area contributed by atoms with Crippen molar-refractivity contribution in [1.82, 2.24) is 4.90 Å². The number of ether oxygens (including phenoxy) is 3. The predicted octanol–water partition coefficient (Wildman–Crippen LogP) is 3.68. The largest absolute Gasteiger partial charge is 0.497 e. The van der Waals surface area contributed by atoms with Crippen molar-refractivity contribution in [3.8, 4) is 11.5 Å². The van der Waals surface area contributed by atoms with Crippen molar-refractivity contribution in [2.45, 2.75) is 24.8 Å². The Morgan fingerprint density at radius 1 is 1.08 bits per heavy atom. The molecule has 2 aromatic carbocycles. The number of benzene rings is 2. The second-order valence-electron chi connectivity index (χ2n) is 9.10. The lowest BCUT2D eigenvalue weighted by Crippen LogP contribution is -2.38. The van der Waals surface area contributed by atoms with Gasteiger partial charge in [0.25, 0.3) is 10.0 Å². The Kier molecular flexibility index (Phi) is 8.48. The van der Waals surface area contributed by atoms with E-state index >= 15 is 0 Å². The number of rotatable bonds is 9. The normalized spacial score (nSPS) is 13.4. The molecular formula is C27H31N3O7S2. The van der Waals surface area contributed by atoms with Gasteiger partial charge in [0, 0.05) is 24.0 Å². The van der Waals surface area contributed by atoms with Crippen molar-refractivity contribution in [2.24, 2.45) is 0 Å². The maximum absolute atomic E-state index is 13.9. The van der Waals surface area contributed by atoms with E-state index in [0.717, 1.165) is 26.9 Å². The molecule has 1 N–H and O–H groups in total. The van der Waals surface area contributed by atoms with Gasteiger partial charge in [-0.2, -0.15) is 0 Å². The summed E-state index contributed by atoms with van der Waals surface area (Å²) in [5.74, 6) is -0.555. The molecule has 0 saturated carbocycles. The SMILES string of the molecule is COC(=O)c1c(NC(=O)CN(c2cc(OC)ccc2OC)S(=O)(=O)c2ccc(C)cc2)sc2c1CCN(C)C2. The molecule has 39 heavy (non-hydrogen) atoms. The van der Waals surface area contributed by atoms with Gasteiger partial charge in [0.05, 0.1) is 37.5 Å². The van der Waals surface area contributed by atoms with E-state index in [0.29, 0.717) is 29.3 Å². The summed E-state index contributed by atoms with van der Waals surface area (Å²) in [6, 6.07) is 11.0. The maximum atomic E-state index is 13.9. The van der Waals surface area contributed by atoms with E-state index in [1.807, 2.05) is 14.0 Å². The van der Waals surface area contributed by atoms with Crippen molar-refractivity contribution in [3.63, 3.8) is 0 Å². The van der Waals surface area contributed by atoms with Gasteiger partial charge in [-0.1, -0.05) is 17.7 Å². The summed E-state index contributed by atoms with van der Waals surface area (Å²) in [7, 11) is 1.93. The smallest absolute Gasteiger partial charge is 0.341 e. The van der Waals surface area contributed by atoms with Crippen LogP contribution in [0.25, 0.3) is 0 Å². The molecule has 208 valence electrons. The van der Waals surface area contributed by atoms with Crippen LogP contribution in [-0.2, 0) is 32.5 Å². The Labute approximate surface area is 232 Å². The molecule has 12 heteroatoms. The Hall–Kier alpha value is -3.61. The summed E-state index contributed by atoms with van der Waals surface area (Å²) in [4.78, 5) is 29.2. The minimum absolute atomic E-state index is 0.00986. The first-order valence-electron chi connectivity index (χ1n) is 12.1. The molecule has 10 nitrogen and oxygen atoms in total. The minimum Gasteiger partial charge on any atom is -0.497 e. The van der Waals surface area contributed by atoms with Crippen molar-refractivity contribution in [2.75, 3.05) is 51.1 Å². The average Bonchev–Trinajstić information content (AvgIpc) is 3.27. The summed E-state index contributed by atoms with van der Waals surface area (Å²) >= 11 is 1.29. The molecule has 3 aromatic rings. The molecule has 4 rings (SSSR count). The summed E-state index contributed by atoms with van der Waals surface area (Å²) in [6.07, 6.45) is 0.636. The molecule has 0 unspecified atom stereocenters. The standard InChI is InChI=1S/C27H31N3O7S2/c1-17-6-9-19(10-7-17)39(33,34)30(21-14-18(35-3)8-11-22(21)36-4)16-24(31)28-26-25(27(32)37-5)20-12-13-29(2)15-23(20)38-26/h6-11,14H,12-13,15-16H2,1-5H3,(H,28,31). The number of hydrogen-bond donors (Lipinski definition) is 1. The number of fused-ring (bicyclic) bond motifs is 1. The summed E-state index contributed by atoms with van der Waals surface area (Å²) in [5, 5.41) is 3.11. The fraction of sp³-hybridized carbons (Fsp3) is 0.333. The number of thiophene rings is 1. The van der Waals surface area contributed by atoms with E-state index < -0.39 is 28.4 Å².